The summed E-state index contributed by atoms with van der Waals surface area (Å²) >= 11 is 0. The van der Waals surface area contributed by atoms with Crippen LogP contribution in [0.3, 0.4) is 0 Å². The molecule has 1 N–H and O–H groups in total. The number of aliphatic hydroxyl groups is 1. The first-order valence-electron chi connectivity index (χ1n) is 6.92. The van der Waals surface area contributed by atoms with Gasteiger partial charge in [-0.25, -0.2) is 4.39 Å². The minimum atomic E-state index is -0.242. The van der Waals surface area contributed by atoms with Crippen LogP contribution in [-0.2, 0) is 11.2 Å². The molecule has 1 aliphatic rings. The van der Waals surface area contributed by atoms with Crippen LogP contribution < -0.4 is 4.74 Å². The number of aliphatic hydroxyl groups excluding tert-OH is 1. The second-order valence-electron chi connectivity index (χ2n) is 4.89. The molecule has 0 bridgehead atoms. The zero-order chi connectivity index (χ0) is 13.7. The van der Waals surface area contributed by atoms with Gasteiger partial charge < -0.3 is 14.6 Å². The van der Waals surface area contributed by atoms with Crippen LogP contribution in [0.4, 0.5) is 4.39 Å². The van der Waals surface area contributed by atoms with Crippen molar-refractivity contribution in [2.45, 2.75) is 44.8 Å². The lowest BCUT2D eigenvalue weighted by Gasteiger charge is -2.11. The highest BCUT2D eigenvalue weighted by atomic mass is 19.1. The van der Waals surface area contributed by atoms with Gasteiger partial charge in [0.05, 0.1) is 19.3 Å². The highest BCUT2D eigenvalue weighted by molar-refractivity contribution is 5.34. The fourth-order valence-electron chi connectivity index (χ4n) is 2.10. The lowest BCUT2D eigenvalue weighted by Crippen LogP contribution is -2.03. The molecule has 0 aromatic heterocycles. The third-order valence-electron chi connectivity index (χ3n) is 3.34. The van der Waals surface area contributed by atoms with Crippen molar-refractivity contribution in [2.24, 2.45) is 0 Å². The summed E-state index contributed by atoms with van der Waals surface area (Å²) in [6.07, 6.45) is 3.65. The summed E-state index contributed by atoms with van der Waals surface area (Å²) < 4.78 is 24.2. The normalized spacial score (nSPS) is 21.4. The van der Waals surface area contributed by atoms with E-state index in [0.29, 0.717) is 13.0 Å². The van der Waals surface area contributed by atoms with E-state index in [1.54, 1.807) is 6.07 Å². The summed E-state index contributed by atoms with van der Waals surface area (Å²) in [5, 5.41) is 8.91. The maximum absolute atomic E-state index is 13.3. The predicted octanol–water partition coefficient (Wildman–Crippen LogP) is 2.70. The molecule has 1 fully saturated rings. The largest absolute Gasteiger partial charge is 0.493 e. The van der Waals surface area contributed by atoms with Gasteiger partial charge in [-0.05, 0) is 43.0 Å². The number of hydrogen-bond acceptors (Lipinski definition) is 3. The SMILES string of the molecule is CCCCOc1ccc(F)cc1CC[C@H]1O[C@@H]1CO. The Kier molecular flexibility index (Phi) is 5.16. The van der Waals surface area contributed by atoms with E-state index >= 15 is 0 Å². The van der Waals surface area contributed by atoms with Crippen molar-refractivity contribution in [3.8, 4) is 5.75 Å². The average molecular weight is 268 g/mol. The number of epoxide rings is 1. The quantitative estimate of drug-likeness (QED) is 0.582. The number of ether oxygens (including phenoxy) is 2. The summed E-state index contributed by atoms with van der Waals surface area (Å²) in [4.78, 5) is 0. The van der Waals surface area contributed by atoms with E-state index in [2.05, 4.69) is 6.92 Å². The van der Waals surface area contributed by atoms with Crippen LogP contribution in [0.1, 0.15) is 31.7 Å². The molecule has 106 valence electrons. The van der Waals surface area contributed by atoms with Crippen molar-refractivity contribution in [1.82, 2.24) is 0 Å². The third-order valence-corrected chi connectivity index (χ3v) is 3.34. The van der Waals surface area contributed by atoms with Crippen LogP contribution in [0.2, 0.25) is 0 Å². The van der Waals surface area contributed by atoms with Gasteiger partial charge in [-0.3, -0.25) is 0 Å². The number of rotatable bonds is 8. The van der Waals surface area contributed by atoms with E-state index < -0.39 is 0 Å². The standard InChI is InChI=1S/C15H21FO3/c1-2-3-8-18-13-7-5-12(16)9-11(13)4-6-14-15(10-17)19-14/h5,7,9,14-15,17H,2-4,6,8,10H2,1H3/t14-,15-/m1/s1. The van der Waals surface area contributed by atoms with E-state index in [4.69, 9.17) is 14.6 Å². The Morgan fingerprint density at radius 3 is 2.89 bits per heavy atom. The number of hydrogen-bond donors (Lipinski definition) is 1. The fourth-order valence-corrected chi connectivity index (χ4v) is 2.10. The van der Waals surface area contributed by atoms with E-state index in [1.807, 2.05) is 0 Å². The Balaban J connectivity index is 1.90. The first-order chi connectivity index (χ1) is 9.24. The zero-order valence-electron chi connectivity index (χ0n) is 11.3. The summed E-state index contributed by atoms with van der Waals surface area (Å²) in [6, 6.07) is 4.64. The summed E-state index contributed by atoms with van der Waals surface area (Å²) in [7, 11) is 0. The molecule has 0 amide bonds. The highest BCUT2D eigenvalue weighted by Gasteiger charge is 2.37. The zero-order valence-corrected chi connectivity index (χ0v) is 11.3. The summed E-state index contributed by atoms with van der Waals surface area (Å²) in [5.41, 5.74) is 0.878. The molecule has 0 unspecified atom stereocenters. The minimum absolute atomic E-state index is 0.0296. The van der Waals surface area contributed by atoms with Gasteiger partial charge in [-0.15, -0.1) is 0 Å². The molecule has 19 heavy (non-hydrogen) atoms. The van der Waals surface area contributed by atoms with Gasteiger partial charge in [0.15, 0.2) is 0 Å². The van der Waals surface area contributed by atoms with Crippen LogP contribution in [-0.4, -0.2) is 30.5 Å². The van der Waals surface area contributed by atoms with Gasteiger partial charge in [0.1, 0.15) is 17.7 Å². The van der Waals surface area contributed by atoms with Crippen molar-refractivity contribution < 1.29 is 19.0 Å². The summed E-state index contributed by atoms with van der Waals surface area (Å²) in [6.45, 7) is 2.83. The lowest BCUT2D eigenvalue weighted by atomic mass is 10.1. The van der Waals surface area contributed by atoms with Crippen molar-refractivity contribution in [1.29, 1.82) is 0 Å². The maximum atomic E-state index is 13.3. The molecule has 0 radical (unpaired) electrons. The van der Waals surface area contributed by atoms with Crippen LogP contribution in [0.5, 0.6) is 5.75 Å². The Labute approximate surface area is 113 Å². The molecule has 2 atom stereocenters. The molecule has 4 heteroatoms. The van der Waals surface area contributed by atoms with Crippen LogP contribution in [0.25, 0.3) is 0 Å². The van der Waals surface area contributed by atoms with E-state index in [9.17, 15) is 4.39 Å². The van der Waals surface area contributed by atoms with Gasteiger partial charge in [0, 0.05) is 0 Å². The number of benzene rings is 1. The van der Waals surface area contributed by atoms with Gasteiger partial charge in [0.25, 0.3) is 0 Å². The topological polar surface area (TPSA) is 42.0 Å². The number of unbranched alkanes of at least 4 members (excludes halogenated alkanes) is 1. The Morgan fingerprint density at radius 2 is 2.21 bits per heavy atom. The van der Waals surface area contributed by atoms with Crippen LogP contribution in [0.15, 0.2) is 18.2 Å². The van der Waals surface area contributed by atoms with Crippen molar-refractivity contribution in [3.63, 3.8) is 0 Å². The molecule has 3 nitrogen and oxygen atoms in total. The van der Waals surface area contributed by atoms with Gasteiger partial charge >= 0.3 is 0 Å². The fraction of sp³-hybridized carbons (Fsp3) is 0.600. The lowest BCUT2D eigenvalue weighted by molar-refractivity contribution is 0.241. The summed E-state index contributed by atoms with van der Waals surface area (Å²) in [5.74, 6) is 0.518. The first-order valence-corrected chi connectivity index (χ1v) is 6.92. The van der Waals surface area contributed by atoms with Gasteiger partial charge in [-0.2, -0.15) is 0 Å². The molecule has 1 saturated heterocycles. The smallest absolute Gasteiger partial charge is 0.123 e. The van der Waals surface area contributed by atoms with E-state index in [0.717, 1.165) is 30.6 Å². The first kappa shape index (κ1) is 14.3. The molecule has 2 rings (SSSR count). The third kappa shape index (κ3) is 4.18. The second kappa shape index (κ2) is 6.87. The monoisotopic (exact) mass is 268 g/mol. The minimum Gasteiger partial charge on any atom is -0.493 e. The molecule has 0 spiro atoms. The molecular formula is C15H21FO3. The van der Waals surface area contributed by atoms with Crippen molar-refractivity contribution >= 4 is 0 Å². The Bertz CT molecular complexity index is 408. The number of aryl methyl sites for hydroxylation is 1. The van der Waals surface area contributed by atoms with E-state index in [-0.39, 0.29) is 24.6 Å². The highest BCUT2D eigenvalue weighted by Crippen LogP contribution is 2.29. The van der Waals surface area contributed by atoms with Crippen molar-refractivity contribution in [2.75, 3.05) is 13.2 Å². The van der Waals surface area contributed by atoms with Gasteiger partial charge in [-0.1, -0.05) is 13.3 Å². The second-order valence-corrected chi connectivity index (χ2v) is 4.89. The maximum Gasteiger partial charge on any atom is 0.123 e. The molecule has 0 saturated carbocycles. The molecular weight excluding hydrogens is 247 g/mol. The Hall–Kier alpha value is -1.13. The van der Waals surface area contributed by atoms with E-state index in [1.165, 1.54) is 12.1 Å². The molecule has 1 aliphatic heterocycles. The molecule has 1 aromatic rings. The number of halogens is 1. The average Bonchev–Trinajstić information content (AvgIpc) is 3.17. The molecule has 1 aromatic carbocycles. The molecule has 1 heterocycles. The molecule has 0 aliphatic carbocycles. The Morgan fingerprint density at radius 1 is 1.37 bits per heavy atom. The van der Waals surface area contributed by atoms with Crippen LogP contribution in [0, 0.1) is 5.82 Å². The van der Waals surface area contributed by atoms with Crippen molar-refractivity contribution in [3.05, 3.63) is 29.6 Å². The predicted molar refractivity (Wildman–Crippen MR) is 70.9 cm³/mol. The van der Waals surface area contributed by atoms with Crippen LogP contribution >= 0.6 is 0 Å². The van der Waals surface area contributed by atoms with Gasteiger partial charge in [0.2, 0.25) is 0 Å².